The van der Waals surface area contributed by atoms with Gasteiger partial charge in [-0.2, -0.15) is 10.2 Å². The lowest BCUT2D eigenvalue weighted by molar-refractivity contribution is 0.180. The summed E-state index contributed by atoms with van der Waals surface area (Å²) in [5.74, 6) is 0.625. The van der Waals surface area contributed by atoms with E-state index >= 15 is 0 Å². The van der Waals surface area contributed by atoms with Crippen molar-refractivity contribution < 1.29 is 12.8 Å². The van der Waals surface area contributed by atoms with E-state index in [1.54, 1.807) is 12.1 Å². The average molecular weight is 418 g/mol. The van der Waals surface area contributed by atoms with Crippen LogP contribution in [0.25, 0.3) is 11.5 Å². The number of sulfonamides is 1. The number of nitriles is 1. The Hall–Kier alpha value is -2.41. The number of hydrogen-bond acceptors (Lipinski definition) is 7. The van der Waals surface area contributed by atoms with Crippen molar-refractivity contribution in [1.82, 2.24) is 14.2 Å². The monoisotopic (exact) mass is 417 g/mol. The Balaban J connectivity index is 1.73. The number of likely N-dealkylation sites (tertiary alicyclic amines) is 1. The Morgan fingerprint density at radius 3 is 2.48 bits per heavy atom. The van der Waals surface area contributed by atoms with Crippen molar-refractivity contribution in [3.8, 4) is 17.5 Å². The lowest BCUT2D eigenvalue weighted by atomic mass is 10.1. The van der Waals surface area contributed by atoms with Crippen molar-refractivity contribution in [3.05, 3.63) is 30.0 Å². The minimum absolute atomic E-state index is 0.187. The molecule has 0 radical (unpaired) electrons. The number of benzene rings is 1. The molecule has 0 amide bonds. The van der Waals surface area contributed by atoms with Crippen molar-refractivity contribution in [2.75, 3.05) is 39.0 Å². The van der Waals surface area contributed by atoms with Crippen LogP contribution in [0.1, 0.15) is 31.9 Å². The van der Waals surface area contributed by atoms with E-state index in [0.29, 0.717) is 24.0 Å². The molecule has 29 heavy (non-hydrogen) atoms. The third-order valence-corrected chi connectivity index (χ3v) is 7.01. The molecule has 2 heterocycles. The number of piperidine rings is 1. The van der Waals surface area contributed by atoms with Crippen molar-refractivity contribution in [2.24, 2.45) is 0 Å². The highest BCUT2D eigenvalue weighted by Gasteiger charge is 2.20. The quantitative estimate of drug-likeness (QED) is 0.739. The summed E-state index contributed by atoms with van der Waals surface area (Å²) in [6.45, 7) is 5.00. The van der Waals surface area contributed by atoms with E-state index in [2.05, 4.69) is 28.2 Å². The average Bonchev–Trinajstić information content (AvgIpc) is 3.16. The van der Waals surface area contributed by atoms with Gasteiger partial charge in [0, 0.05) is 32.2 Å². The molecule has 1 aliphatic rings. The standard InChI is InChI=1S/C20H27N5O3S/c1-15(25-11-5-4-6-12-25)14-22-20-18(13-21)23-19(28-20)16-7-9-17(10-8-16)29(26,27)24(2)3/h7-10,15,22H,4-6,11-12,14H2,1-3H3. The largest absolute Gasteiger partial charge is 0.419 e. The number of nitrogens with zero attached hydrogens (tertiary/aromatic N) is 4. The molecule has 1 aromatic carbocycles. The molecule has 156 valence electrons. The maximum atomic E-state index is 12.2. The topological polar surface area (TPSA) is 102 Å². The van der Waals surface area contributed by atoms with Crippen molar-refractivity contribution in [3.63, 3.8) is 0 Å². The van der Waals surface area contributed by atoms with Crippen LogP contribution in [-0.2, 0) is 10.0 Å². The fourth-order valence-corrected chi connectivity index (χ4v) is 4.25. The predicted octanol–water partition coefficient (Wildman–Crippen LogP) is 2.75. The number of anilines is 1. The molecule has 0 bridgehead atoms. The fourth-order valence-electron chi connectivity index (χ4n) is 3.35. The van der Waals surface area contributed by atoms with Crippen LogP contribution in [0.4, 0.5) is 5.88 Å². The number of nitrogens with one attached hydrogen (secondary N) is 1. The summed E-state index contributed by atoms with van der Waals surface area (Å²) in [5, 5.41) is 12.6. The summed E-state index contributed by atoms with van der Waals surface area (Å²) in [6.07, 6.45) is 3.73. The fraction of sp³-hybridized carbons (Fsp3) is 0.500. The first-order valence-corrected chi connectivity index (χ1v) is 11.2. The highest BCUT2D eigenvalue weighted by molar-refractivity contribution is 7.89. The molecule has 1 aliphatic heterocycles. The zero-order chi connectivity index (χ0) is 21.0. The van der Waals surface area contributed by atoms with E-state index in [4.69, 9.17) is 4.42 Å². The van der Waals surface area contributed by atoms with Crippen LogP contribution in [-0.4, -0.2) is 62.4 Å². The van der Waals surface area contributed by atoms with Gasteiger partial charge in [-0.1, -0.05) is 6.42 Å². The lowest BCUT2D eigenvalue weighted by Crippen LogP contribution is -2.41. The summed E-state index contributed by atoms with van der Waals surface area (Å²) in [6, 6.07) is 8.65. The smallest absolute Gasteiger partial charge is 0.242 e. The van der Waals surface area contributed by atoms with Gasteiger partial charge >= 0.3 is 0 Å². The predicted molar refractivity (Wildman–Crippen MR) is 111 cm³/mol. The second-order valence-electron chi connectivity index (χ2n) is 7.45. The molecule has 1 saturated heterocycles. The van der Waals surface area contributed by atoms with Crippen LogP contribution in [0, 0.1) is 11.3 Å². The lowest BCUT2D eigenvalue weighted by Gasteiger charge is -2.32. The Kier molecular flexibility index (Phi) is 6.57. The third-order valence-electron chi connectivity index (χ3n) is 5.18. The Labute approximate surface area is 172 Å². The SMILES string of the molecule is CC(CNc1oc(-c2ccc(S(=O)(=O)N(C)C)cc2)nc1C#N)N1CCCCC1. The molecule has 9 heteroatoms. The van der Waals surface area contributed by atoms with Gasteiger partial charge in [-0.3, -0.25) is 4.90 Å². The molecular formula is C20H27N5O3S. The molecule has 3 rings (SSSR count). The first kappa shape index (κ1) is 21.3. The molecule has 1 unspecified atom stereocenters. The Bertz CT molecular complexity index is 971. The maximum Gasteiger partial charge on any atom is 0.242 e. The van der Waals surface area contributed by atoms with Gasteiger partial charge in [0.05, 0.1) is 4.90 Å². The highest BCUT2D eigenvalue weighted by atomic mass is 32.2. The van der Waals surface area contributed by atoms with Gasteiger partial charge in [-0.15, -0.1) is 0 Å². The van der Waals surface area contributed by atoms with E-state index in [-0.39, 0.29) is 16.5 Å². The van der Waals surface area contributed by atoms with Gasteiger partial charge in [-0.05, 0) is 57.1 Å². The molecule has 1 aromatic heterocycles. The summed E-state index contributed by atoms with van der Waals surface area (Å²) < 4.78 is 31.3. The van der Waals surface area contributed by atoms with Crippen LogP contribution in [0.5, 0.6) is 0 Å². The minimum atomic E-state index is -3.50. The third kappa shape index (κ3) is 4.78. The van der Waals surface area contributed by atoms with E-state index < -0.39 is 10.0 Å². The molecule has 1 N–H and O–H groups in total. The number of aromatic nitrogens is 1. The summed E-state index contributed by atoms with van der Waals surface area (Å²) >= 11 is 0. The molecule has 1 atom stereocenters. The zero-order valence-electron chi connectivity index (χ0n) is 17.1. The molecular weight excluding hydrogens is 390 g/mol. The van der Waals surface area contributed by atoms with Crippen LogP contribution >= 0.6 is 0 Å². The molecule has 0 spiro atoms. The van der Waals surface area contributed by atoms with Crippen LogP contribution in [0.2, 0.25) is 0 Å². The van der Waals surface area contributed by atoms with Crippen molar-refractivity contribution in [1.29, 1.82) is 5.26 Å². The second-order valence-corrected chi connectivity index (χ2v) is 9.60. The van der Waals surface area contributed by atoms with E-state index in [1.807, 2.05) is 0 Å². The Morgan fingerprint density at radius 1 is 1.24 bits per heavy atom. The molecule has 8 nitrogen and oxygen atoms in total. The summed E-state index contributed by atoms with van der Waals surface area (Å²) in [7, 11) is -0.528. The first-order chi connectivity index (χ1) is 13.8. The maximum absolute atomic E-state index is 12.2. The second kappa shape index (κ2) is 8.95. The van der Waals surface area contributed by atoms with Crippen LogP contribution in [0.15, 0.2) is 33.6 Å². The normalized spacial score (nSPS) is 16.5. The van der Waals surface area contributed by atoms with E-state index in [0.717, 1.165) is 17.4 Å². The van der Waals surface area contributed by atoms with Crippen LogP contribution in [0.3, 0.4) is 0 Å². The van der Waals surface area contributed by atoms with Gasteiger partial charge in [0.25, 0.3) is 0 Å². The number of oxazole rings is 1. The minimum Gasteiger partial charge on any atom is -0.419 e. The van der Waals surface area contributed by atoms with Gasteiger partial charge in [-0.25, -0.2) is 12.7 Å². The summed E-state index contributed by atoms with van der Waals surface area (Å²) in [4.78, 5) is 6.87. The van der Waals surface area contributed by atoms with E-state index in [9.17, 15) is 13.7 Å². The van der Waals surface area contributed by atoms with E-state index in [1.165, 1.54) is 45.5 Å². The first-order valence-electron chi connectivity index (χ1n) is 9.74. The Morgan fingerprint density at radius 2 is 1.90 bits per heavy atom. The number of rotatable bonds is 7. The number of hydrogen-bond donors (Lipinski definition) is 1. The summed E-state index contributed by atoms with van der Waals surface area (Å²) in [5.41, 5.74) is 0.798. The molecule has 0 aliphatic carbocycles. The van der Waals surface area contributed by atoms with Gasteiger partial charge in [0.1, 0.15) is 6.07 Å². The van der Waals surface area contributed by atoms with Gasteiger partial charge in [0.2, 0.25) is 27.5 Å². The van der Waals surface area contributed by atoms with Crippen molar-refractivity contribution in [2.45, 2.75) is 37.1 Å². The van der Waals surface area contributed by atoms with Crippen molar-refractivity contribution >= 4 is 15.9 Å². The highest BCUT2D eigenvalue weighted by Crippen LogP contribution is 2.27. The van der Waals surface area contributed by atoms with Crippen LogP contribution < -0.4 is 5.32 Å². The molecule has 0 saturated carbocycles. The molecule has 1 fully saturated rings. The van der Waals surface area contributed by atoms with Gasteiger partial charge < -0.3 is 9.73 Å². The van der Waals surface area contributed by atoms with Gasteiger partial charge in [0.15, 0.2) is 0 Å². The molecule has 2 aromatic rings. The zero-order valence-corrected chi connectivity index (χ0v) is 17.9.